The third-order valence-electron chi connectivity index (χ3n) is 5.83. The first-order valence-electron chi connectivity index (χ1n) is 5.75. The molecule has 2 nitrogen and oxygen atoms in total. The van der Waals surface area contributed by atoms with E-state index in [4.69, 9.17) is 4.74 Å². The van der Waals surface area contributed by atoms with Crippen LogP contribution in [0.25, 0.3) is 0 Å². The topological polar surface area (TPSA) is 29.5 Å². The highest BCUT2D eigenvalue weighted by molar-refractivity contribution is 5.19. The van der Waals surface area contributed by atoms with E-state index in [1.165, 1.54) is 0 Å². The highest BCUT2D eigenvalue weighted by Gasteiger charge is 2.71. The molecular formula is C12H20O2. The van der Waals surface area contributed by atoms with E-state index in [1.807, 2.05) is 0 Å². The minimum absolute atomic E-state index is 0.304. The molecule has 1 heterocycles. The van der Waals surface area contributed by atoms with Gasteiger partial charge in [-0.15, -0.1) is 0 Å². The van der Waals surface area contributed by atoms with Gasteiger partial charge in [0.1, 0.15) is 0 Å². The molecule has 14 heavy (non-hydrogen) atoms. The molecule has 1 saturated heterocycles. The van der Waals surface area contributed by atoms with Crippen molar-refractivity contribution in [3.8, 4) is 0 Å². The van der Waals surface area contributed by atoms with Crippen molar-refractivity contribution in [2.24, 2.45) is 28.6 Å². The van der Waals surface area contributed by atoms with Gasteiger partial charge >= 0.3 is 0 Å². The Kier molecular flexibility index (Phi) is 1.54. The maximum atomic E-state index is 9.55. The molecule has 0 aromatic carbocycles. The lowest BCUT2D eigenvalue weighted by atomic mass is 9.66. The zero-order valence-electron chi connectivity index (χ0n) is 9.29. The zero-order chi connectivity index (χ0) is 10.1. The second-order valence-electron chi connectivity index (χ2n) is 6.19. The van der Waals surface area contributed by atoms with Crippen LogP contribution in [0.1, 0.15) is 27.2 Å². The Morgan fingerprint density at radius 2 is 2.07 bits per heavy atom. The number of hydrogen-bond acceptors (Lipinski definition) is 2. The van der Waals surface area contributed by atoms with Crippen LogP contribution in [0.15, 0.2) is 0 Å². The van der Waals surface area contributed by atoms with Crippen LogP contribution in [0.4, 0.5) is 0 Å². The van der Waals surface area contributed by atoms with Gasteiger partial charge in [0.15, 0.2) is 0 Å². The standard InChI is InChI=1S/C12H20O2/c1-11(2)10-7-6-14-9(10)4-12(11,3)8(7)5-13/h7-10,13H,4-6H2,1-3H3/t7-,8+,9+,10-,12+/m0/s1. The van der Waals surface area contributed by atoms with E-state index in [2.05, 4.69) is 20.8 Å². The molecule has 2 aliphatic carbocycles. The van der Waals surface area contributed by atoms with E-state index in [0.29, 0.717) is 41.3 Å². The van der Waals surface area contributed by atoms with Gasteiger partial charge in [0, 0.05) is 6.61 Å². The number of ether oxygens (including phenoxy) is 1. The molecule has 3 fully saturated rings. The minimum atomic E-state index is 0.304. The van der Waals surface area contributed by atoms with Gasteiger partial charge in [0.25, 0.3) is 0 Å². The third kappa shape index (κ3) is 0.704. The largest absolute Gasteiger partial charge is 0.396 e. The highest BCUT2D eigenvalue weighted by atomic mass is 16.5. The normalized spacial score (nSPS) is 58.3. The molecule has 3 aliphatic rings. The summed E-state index contributed by atoms with van der Waals surface area (Å²) in [5, 5.41) is 9.55. The lowest BCUT2D eigenvalue weighted by Crippen LogP contribution is -2.35. The van der Waals surface area contributed by atoms with E-state index >= 15 is 0 Å². The van der Waals surface area contributed by atoms with Crippen LogP contribution in [0, 0.1) is 28.6 Å². The van der Waals surface area contributed by atoms with Crippen molar-refractivity contribution in [2.75, 3.05) is 13.2 Å². The minimum Gasteiger partial charge on any atom is -0.396 e. The summed E-state index contributed by atoms with van der Waals surface area (Å²) in [4.78, 5) is 0. The van der Waals surface area contributed by atoms with Gasteiger partial charge in [0.05, 0.1) is 12.7 Å². The van der Waals surface area contributed by atoms with E-state index < -0.39 is 0 Å². The first kappa shape index (κ1) is 9.17. The third-order valence-corrected chi connectivity index (χ3v) is 5.83. The van der Waals surface area contributed by atoms with Crippen LogP contribution >= 0.6 is 0 Å². The SMILES string of the molecule is CC1(C)[C@H]2[C@H]3CO[C@@H]2C[C@]1(C)[C@@H]3CO. The van der Waals surface area contributed by atoms with Crippen molar-refractivity contribution in [2.45, 2.75) is 33.3 Å². The molecule has 3 rings (SSSR count). The van der Waals surface area contributed by atoms with Gasteiger partial charge in [-0.2, -0.15) is 0 Å². The van der Waals surface area contributed by atoms with Crippen LogP contribution in [-0.4, -0.2) is 24.4 Å². The van der Waals surface area contributed by atoms with Crippen LogP contribution in [0.5, 0.6) is 0 Å². The first-order chi connectivity index (χ1) is 6.52. The lowest BCUT2D eigenvalue weighted by molar-refractivity contribution is 0.0521. The molecular weight excluding hydrogens is 176 g/mol. The maximum absolute atomic E-state index is 9.55. The molecule has 2 heteroatoms. The zero-order valence-corrected chi connectivity index (χ0v) is 9.29. The van der Waals surface area contributed by atoms with Crippen molar-refractivity contribution in [1.29, 1.82) is 0 Å². The fourth-order valence-corrected chi connectivity index (χ4v) is 4.77. The Balaban J connectivity index is 2.10. The van der Waals surface area contributed by atoms with Gasteiger partial charge in [0.2, 0.25) is 0 Å². The molecule has 2 saturated carbocycles. The molecule has 2 bridgehead atoms. The number of aliphatic hydroxyl groups is 1. The van der Waals surface area contributed by atoms with Crippen LogP contribution in [0.2, 0.25) is 0 Å². The molecule has 0 amide bonds. The average Bonchev–Trinajstić information content (AvgIpc) is 2.57. The Labute approximate surface area is 85.6 Å². The summed E-state index contributed by atoms with van der Waals surface area (Å²) in [6.45, 7) is 8.33. The lowest BCUT2D eigenvalue weighted by Gasteiger charge is -2.38. The van der Waals surface area contributed by atoms with Crippen LogP contribution < -0.4 is 0 Å². The summed E-state index contributed by atoms with van der Waals surface area (Å²) in [6, 6.07) is 0. The summed E-state index contributed by atoms with van der Waals surface area (Å²) in [5.41, 5.74) is 0.657. The smallest absolute Gasteiger partial charge is 0.0617 e. The Bertz CT molecular complexity index is 273. The second kappa shape index (κ2) is 2.35. The van der Waals surface area contributed by atoms with Gasteiger partial charge in [-0.3, -0.25) is 0 Å². The average molecular weight is 196 g/mol. The predicted octanol–water partition coefficient (Wildman–Crippen LogP) is 1.68. The molecule has 0 aromatic rings. The maximum Gasteiger partial charge on any atom is 0.0617 e. The molecule has 1 aliphatic heterocycles. The van der Waals surface area contributed by atoms with Gasteiger partial charge in [-0.05, 0) is 35.0 Å². The van der Waals surface area contributed by atoms with Crippen molar-refractivity contribution >= 4 is 0 Å². The van der Waals surface area contributed by atoms with Gasteiger partial charge in [-0.25, -0.2) is 0 Å². The monoisotopic (exact) mass is 196 g/mol. The molecule has 0 unspecified atom stereocenters. The summed E-state index contributed by atoms with van der Waals surface area (Å²) < 4.78 is 5.85. The second-order valence-corrected chi connectivity index (χ2v) is 6.19. The molecule has 5 atom stereocenters. The number of aliphatic hydroxyl groups excluding tert-OH is 1. The van der Waals surface area contributed by atoms with Crippen molar-refractivity contribution in [1.82, 2.24) is 0 Å². The van der Waals surface area contributed by atoms with E-state index in [9.17, 15) is 5.11 Å². The molecule has 0 radical (unpaired) electrons. The van der Waals surface area contributed by atoms with Crippen LogP contribution in [-0.2, 0) is 4.74 Å². The molecule has 1 N–H and O–H groups in total. The summed E-state index contributed by atoms with van der Waals surface area (Å²) >= 11 is 0. The van der Waals surface area contributed by atoms with Gasteiger partial charge in [-0.1, -0.05) is 20.8 Å². The van der Waals surface area contributed by atoms with Crippen molar-refractivity contribution in [3.63, 3.8) is 0 Å². The first-order valence-corrected chi connectivity index (χ1v) is 5.75. The highest BCUT2D eigenvalue weighted by Crippen LogP contribution is 2.72. The predicted molar refractivity (Wildman–Crippen MR) is 53.8 cm³/mol. The van der Waals surface area contributed by atoms with Crippen LogP contribution in [0.3, 0.4) is 0 Å². The van der Waals surface area contributed by atoms with E-state index in [1.54, 1.807) is 0 Å². The van der Waals surface area contributed by atoms with Crippen molar-refractivity contribution < 1.29 is 9.84 Å². The number of rotatable bonds is 1. The van der Waals surface area contributed by atoms with Crippen molar-refractivity contribution in [3.05, 3.63) is 0 Å². The number of hydrogen-bond donors (Lipinski definition) is 1. The fourth-order valence-electron chi connectivity index (χ4n) is 4.77. The molecule has 0 aromatic heterocycles. The summed E-state index contributed by atoms with van der Waals surface area (Å²) in [5.74, 6) is 1.80. The van der Waals surface area contributed by atoms with E-state index in [-0.39, 0.29) is 0 Å². The summed E-state index contributed by atoms with van der Waals surface area (Å²) in [6.07, 6.45) is 1.65. The molecule has 80 valence electrons. The summed E-state index contributed by atoms with van der Waals surface area (Å²) in [7, 11) is 0. The fraction of sp³-hybridized carbons (Fsp3) is 1.00. The quantitative estimate of drug-likeness (QED) is 0.691. The number of fused-ring (bicyclic) bond motifs is 1. The Morgan fingerprint density at radius 3 is 2.71 bits per heavy atom. The Hall–Kier alpha value is -0.0800. The Morgan fingerprint density at radius 1 is 1.36 bits per heavy atom. The molecule has 0 spiro atoms. The van der Waals surface area contributed by atoms with E-state index in [0.717, 1.165) is 13.0 Å². The van der Waals surface area contributed by atoms with Gasteiger partial charge < -0.3 is 9.84 Å².